The summed E-state index contributed by atoms with van der Waals surface area (Å²) in [4.78, 5) is 11.7. The van der Waals surface area contributed by atoms with Gasteiger partial charge in [0.1, 0.15) is 6.20 Å². The van der Waals surface area contributed by atoms with Crippen LogP contribution in [0, 0.1) is 0 Å². The summed E-state index contributed by atoms with van der Waals surface area (Å²) in [5.41, 5.74) is 0.866. The number of nitrogens with one attached hydrogen (secondary N) is 1. The SMILES string of the molecule is O=C(Nc1ccc2ccccc2c1)c1cnon1. The van der Waals surface area contributed by atoms with Crippen LogP contribution in [0.3, 0.4) is 0 Å². The smallest absolute Gasteiger partial charge is 0.279 e. The van der Waals surface area contributed by atoms with Gasteiger partial charge in [0.15, 0.2) is 5.69 Å². The molecule has 3 aromatic rings. The molecule has 0 atom stereocenters. The molecule has 1 amide bonds. The molecule has 0 saturated carbocycles. The van der Waals surface area contributed by atoms with Gasteiger partial charge in [0.25, 0.3) is 5.91 Å². The summed E-state index contributed by atoms with van der Waals surface area (Å²) in [6, 6.07) is 13.6. The highest BCUT2D eigenvalue weighted by Crippen LogP contribution is 2.19. The first kappa shape index (κ1) is 10.5. The first-order chi connectivity index (χ1) is 8.83. The number of aromatic nitrogens is 2. The van der Waals surface area contributed by atoms with Crippen molar-refractivity contribution in [3.8, 4) is 0 Å². The van der Waals surface area contributed by atoms with E-state index in [1.54, 1.807) is 0 Å². The van der Waals surface area contributed by atoms with Crippen molar-refractivity contribution in [1.82, 2.24) is 10.3 Å². The lowest BCUT2D eigenvalue weighted by molar-refractivity contribution is 0.101. The molecular weight excluding hydrogens is 230 g/mol. The van der Waals surface area contributed by atoms with Crippen LogP contribution in [0.5, 0.6) is 0 Å². The Hall–Kier alpha value is -2.69. The van der Waals surface area contributed by atoms with Gasteiger partial charge in [0, 0.05) is 5.69 Å². The number of carbonyl (C=O) groups excluding carboxylic acids is 1. The van der Waals surface area contributed by atoms with Gasteiger partial charge >= 0.3 is 0 Å². The molecule has 18 heavy (non-hydrogen) atoms. The molecule has 5 nitrogen and oxygen atoms in total. The van der Waals surface area contributed by atoms with E-state index in [0.717, 1.165) is 10.8 Å². The van der Waals surface area contributed by atoms with Crippen LogP contribution in [0.4, 0.5) is 5.69 Å². The Kier molecular flexibility index (Phi) is 2.49. The Morgan fingerprint density at radius 3 is 2.72 bits per heavy atom. The average Bonchev–Trinajstić information content (AvgIpc) is 2.92. The van der Waals surface area contributed by atoms with Crippen LogP contribution in [-0.4, -0.2) is 16.2 Å². The zero-order valence-electron chi connectivity index (χ0n) is 9.33. The molecule has 1 aromatic heterocycles. The fourth-order valence-electron chi connectivity index (χ4n) is 1.73. The molecule has 5 heteroatoms. The molecule has 3 rings (SSSR count). The standard InChI is InChI=1S/C13H9N3O2/c17-13(12-8-14-18-16-12)15-11-6-5-9-3-1-2-4-10(9)7-11/h1-8H,(H,15,17). The molecule has 2 aromatic carbocycles. The van der Waals surface area contributed by atoms with Crippen LogP contribution in [0.1, 0.15) is 10.5 Å². The molecule has 0 bridgehead atoms. The third-order valence-electron chi connectivity index (χ3n) is 2.60. The van der Waals surface area contributed by atoms with Crippen LogP contribution < -0.4 is 5.32 Å². The van der Waals surface area contributed by atoms with Crippen LogP contribution in [0.15, 0.2) is 53.3 Å². The van der Waals surface area contributed by atoms with Gasteiger partial charge in [-0.3, -0.25) is 4.79 Å². The largest absolute Gasteiger partial charge is 0.320 e. The van der Waals surface area contributed by atoms with E-state index >= 15 is 0 Å². The van der Waals surface area contributed by atoms with Gasteiger partial charge in [-0.15, -0.1) is 0 Å². The van der Waals surface area contributed by atoms with Gasteiger partial charge in [-0.2, -0.15) is 0 Å². The van der Waals surface area contributed by atoms with E-state index in [4.69, 9.17) is 0 Å². The second-order valence-corrected chi connectivity index (χ2v) is 3.81. The molecular formula is C13H9N3O2. The minimum Gasteiger partial charge on any atom is -0.320 e. The second kappa shape index (κ2) is 4.29. The van der Waals surface area contributed by atoms with Gasteiger partial charge in [-0.25, -0.2) is 4.63 Å². The molecule has 0 unspecified atom stereocenters. The van der Waals surface area contributed by atoms with Gasteiger partial charge in [-0.05, 0) is 28.1 Å². The monoisotopic (exact) mass is 239 g/mol. The molecule has 0 radical (unpaired) electrons. The number of rotatable bonds is 2. The van der Waals surface area contributed by atoms with Crippen molar-refractivity contribution >= 4 is 22.4 Å². The van der Waals surface area contributed by atoms with Gasteiger partial charge in [0.05, 0.1) is 0 Å². The van der Waals surface area contributed by atoms with E-state index in [9.17, 15) is 4.79 Å². The van der Waals surface area contributed by atoms with Crippen LogP contribution in [0.25, 0.3) is 10.8 Å². The molecule has 1 heterocycles. The maximum Gasteiger partial charge on any atom is 0.279 e. The van der Waals surface area contributed by atoms with Crippen LogP contribution in [-0.2, 0) is 0 Å². The maximum absolute atomic E-state index is 11.7. The van der Waals surface area contributed by atoms with E-state index in [1.165, 1.54) is 6.20 Å². The zero-order chi connectivity index (χ0) is 12.4. The quantitative estimate of drug-likeness (QED) is 0.745. The third-order valence-corrected chi connectivity index (χ3v) is 2.60. The van der Waals surface area contributed by atoms with Crippen molar-refractivity contribution in [2.45, 2.75) is 0 Å². The fourth-order valence-corrected chi connectivity index (χ4v) is 1.73. The van der Waals surface area contributed by atoms with Gasteiger partial charge in [0.2, 0.25) is 0 Å². The lowest BCUT2D eigenvalue weighted by atomic mass is 10.1. The van der Waals surface area contributed by atoms with Crippen molar-refractivity contribution in [3.05, 3.63) is 54.4 Å². The van der Waals surface area contributed by atoms with Crippen LogP contribution >= 0.6 is 0 Å². The fraction of sp³-hybridized carbons (Fsp3) is 0. The number of benzene rings is 2. The van der Waals surface area contributed by atoms with Gasteiger partial charge < -0.3 is 5.32 Å². The highest BCUT2D eigenvalue weighted by Gasteiger charge is 2.10. The Morgan fingerprint density at radius 1 is 1.11 bits per heavy atom. The summed E-state index contributed by atoms with van der Waals surface area (Å²) >= 11 is 0. The number of hydrogen-bond acceptors (Lipinski definition) is 4. The summed E-state index contributed by atoms with van der Waals surface area (Å²) < 4.78 is 4.38. The average molecular weight is 239 g/mol. The van der Waals surface area contributed by atoms with Gasteiger partial charge in [-0.1, -0.05) is 35.5 Å². The second-order valence-electron chi connectivity index (χ2n) is 3.81. The Morgan fingerprint density at radius 2 is 1.94 bits per heavy atom. The molecule has 0 aliphatic rings. The molecule has 0 aliphatic heterocycles. The predicted octanol–water partition coefficient (Wildman–Crippen LogP) is 2.48. The Labute approximate surface area is 102 Å². The van der Waals surface area contributed by atoms with Crippen molar-refractivity contribution in [1.29, 1.82) is 0 Å². The summed E-state index contributed by atoms with van der Waals surface area (Å²) in [5, 5.41) is 11.8. The summed E-state index contributed by atoms with van der Waals surface area (Å²) in [7, 11) is 0. The van der Waals surface area contributed by atoms with E-state index in [-0.39, 0.29) is 11.6 Å². The minimum absolute atomic E-state index is 0.156. The molecule has 1 N–H and O–H groups in total. The topological polar surface area (TPSA) is 68.0 Å². The number of nitrogens with zero attached hydrogens (tertiary/aromatic N) is 2. The molecule has 88 valence electrons. The van der Waals surface area contributed by atoms with Crippen molar-refractivity contribution in [3.63, 3.8) is 0 Å². The molecule has 0 aliphatic carbocycles. The summed E-state index contributed by atoms with van der Waals surface area (Å²) in [5.74, 6) is -0.341. The number of anilines is 1. The molecule has 0 spiro atoms. The zero-order valence-corrected chi connectivity index (χ0v) is 9.33. The number of amides is 1. The van der Waals surface area contributed by atoms with E-state index in [1.807, 2.05) is 42.5 Å². The lowest BCUT2D eigenvalue weighted by Gasteiger charge is -2.04. The first-order valence-electron chi connectivity index (χ1n) is 5.41. The normalized spacial score (nSPS) is 10.4. The van der Waals surface area contributed by atoms with Crippen molar-refractivity contribution in [2.75, 3.05) is 5.32 Å². The predicted molar refractivity (Wildman–Crippen MR) is 66.2 cm³/mol. The van der Waals surface area contributed by atoms with E-state index in [2.05, 4.69) is 20.3 Å². The van der Waals surface area contributed by atoms with E-state index in [0.29, 0.717) is 5.69 Å². The van der Waals surface area contributed by atoms with Crippen LogP contribution in [0.2, 0.25) is 0 Å². The summed E-state index contributed by atoms with van der Waals surface area (Å²) in [6.45, 7) is 0. The molecule has 0 fully saturated rings. The number of fused-ring (bicyclic) bond motifs is 1. The van der Waals surface area contributed by atoms with Crippen molar-refractivity contribution in [2.24, 2.45) is 0 Å². The van der Waals surface area contributed by atoms with E-state index < -0.39 is 0 Å². The third kappa shape index (κ3) is 1.93. The highest BCUT2D eigenvalue weighted by molar-refractivity contribution is 6.03. The maximum atomic E-state index is 11.7. The Balaban J connectivity index is 1.89. The number of carbonyl (C=O) groups is 1. The Bertz CT molecular complexity index is 692. The lowest BCUT2D eigenvalue weighted by Crippen LogP contribution is -2.12. The summed E-state index contributed by atoms with van der Waals surface area (Å²) in [6.07, 6.45) is 1.27. The number of hydrogen-bond donors (Lipinski definition) is 1. The van der Waals surface area contributed by atoms with Crippen molar-refractivity contribution < 1.29 is 9.42 Å². The minimum atomic E-state index is -0.341. The highest BCUT2D eigenvalue weighted by atomic mass is 16.6. The molecule has 0 saturated heterocycles. The first-order valence-corrected chi connectivity index (χ1v) is 5.41.